The molecule has 2 aliphatic heterocycles. The first-order valence-electron chi connectivity index (χ1n) is 11.4. The van der Waals surface area contributed by atoms with Crippen molar-refractivity contribution in [2.24, 2.45) is 0 Å². The number of anilines is 1. The molecule has 0 N–H and O–H groups in total. The van der Waals surface area contributed by atoms with Crippen molar-refractivity contribution >= 4 is 29.4 Å². The fourth-order valence-corrected chi connectivity index (χ4v) is 4.27. The highest BCUT2D eigenvalue weighted by Crippen LogP contribution is 2.30. The van der Waals surface area contributed by atoms with Gasteiger partial charge in [0.1, 0.15) is 12.4 Å². The maximum atomic E-state index is 13.6. The predicted octanol–water partition coefficient (Wildman–Crippen LogP) is 1.68. The van der Waals surface area contributed by atoms with Crippen LogP contribution in [0.1, 0.15) is 20.7 Å². The quantitative estimate of drug-likeness (QED) is 0.580. The van der Waals surface area contributed by atoms with Gasteiger partial charge in [0, 0.05) is 31.7 Å². The van der Waals surface area contributed by atoms with Crippen molar-refractivity contribution in [2.45, 2.75) is 0 Å². The van der Waals surface area contributed by atoms with Crippen molar-refractivity contribution in [1.29, 1.82) is 0 Å². The van der Waals surface area contributed by atoms with Crippen LogP contribution in [0, 0.1) is 0 Å². The average molecular weight is 494 g/mol. The monoisotopic (exact) mass is 493 g/mol. The molecule has 2 aromatic rings. The molecule has 0 atom stereocenters. The Labute approximate surface area is 208 Å². The molecule has 0 radical (unpaired) electrons. The van der Waals surface area contributed by atoms with Crippen LogP contribution in [0.2, 0.25) is 0 Å². The van der Waals surface area contributed by atoms with Crippen molar-refractivity contribution in [1.82, 2.24) is 9.80 Å². The van der Waals surface area contributed by atoms with E-state index in [0.717, 1.165) is 0 Å². The second-order valence-corrected chi connectivity index (χ2v) is 8.18. The van der Waals surface area contributed by atoms with Crippen LogP contribution in [0.4, 0.5) is 5.69 Å². The average Bonchev–Trinajstić information content (AvgIpc) is 2.95. The van der Waals surface area contributed by atoms with E-state index in [9.17, 15) is 19.2 Å². The molecule has 2 amide bonds. The number of benzene rings is 2. The number of hydrogen-bond donors (Lipinski definition) is 0. The molecular weight excluding hydrogens is 466 g/mol. The first-order chi connectivity index (χ1) is 17.5. The largest absolute Gasteiger partial charge is 0.466 e. The summed E-state index contributed by atoms with van der Waals surface area (Å²) in [6.45, 7) is 1.32. The minimum absolute atomic E-state index is 0.00545. The van der Waals surface area contributed by atoms with Gasteiger partial charge in [0.2, 0.25) is 0 Å². The van der Waals surface area contributed by atoms with Gasteiger partial charge in [-0.1, -0.05) is 30.3 Å². The molecule has 0 aromatic heterocycles. The molecule has 2 aromatic carbocycles. The minimum Gasteiger partial charge on any atom is -0.466 e. The molecule has 2 aliphatic rings. The molecule has 2 heterocycles. The topological polar surface area (TPSA) is 106 Å². The second kappa shape index (κ2) is 11.0. The number of hydrogen-bond acceptors (Lipinski definition) is 8. The summed E-state index contributed by atoms with van der Waals surface area (Å²) in [5, 5.41) is 0. The Morgan fingerprint density at radius 3 is 1.97 bits per heavy atom. The predicted molar refractivity (Wildman–Crippen MR) is 129 cm³/mol. The van der Waals surface area contributed by atoms with Crippen LogP contribution in [0.25, 0.3) is 0 Å². The molecule has 0 spiro atoms. The highest BCUT2D eigenvalue weighted by Gasteiger charge is 2.35. The number of para-hydroxylation sites is 1. The number of carbonyl (C=O) groups excluding carboxylic acids is 4. The third-order valence-corrected chi connectivity index (χ3v) is 6.13. The number of rotatable bonds is 5. The molecule has 188 valence electrons. The summed E-state index contributed by atoms with van der Waals surface area (Å²) in [5.74, 6) is -1.79. The highest BCUT2D eigenvalue weighted by molar-refractivity contribution is 6.06. The van der Waals surface area contributed by atoms with E-state index in [2.05, 4.69) is 0 Å². The van der Waals surface area contributed by atoms with Crippen LogP contribution in [0.5, 0.6) is 0 Å². The Kier molecular flexibility index (Phi) is 7.65. The normalized spacial score (nSPS) is 16.0. The zero-order valence-electron chi connectivity index (χ0n) is 20.1. The van der Waals surface area contributed by atoms with Gasteiger partial charge in [0.05, 0.1) is 37.7 Å². The van der Waals surface area contributed by atoms with Crippen molar-refractivity contribution in [3.63, 3.8) is 0 Å². The van der Waals surface area contributed by atoms with Gasteiger partial charge in [-0.05, 0) is 24.3 Å². The first kappa shape index (κ1) is 24.9. The van der Waals surface area contributed by atoms with Crippen LogP contribution >= 0.6 is 0 Å². The van der Waals surface area contributed by atoms with Gasteiger partial charge in [0.25, 0.3) is 11.8 Å². The SMILES string of the molecule is COC(=O)C1=C(C(=O)OC)N(c2ccccc2C(=O)N2CCN(C(=O)c3ccccc3)CC2)COC1. The van der Waals surface area contributed by atoms with Crippen LogP contribution in [0.15, 0.2) is 65.9 Å². The van der Waals surface area contributed by atoms with E-state index in [4.69, 9.17) is 14.2 Å². The third kappa shape index (κ3) is 4.94. The lowest BCUT2D eigenvalue weighted by Gasteiger charge is -2.36. The number of amides is 2. The zero-order valence-corrected chi connectivity index (χ0v) is 20.1. The summed E-state index contributed by atoms with van der Waals surface area (Å²) in [6.07, 6.45) is 0. The van der Waals surface area contributed by atoms with Gasteiger partial charge < -0.3 is 28.9 Å². The van der Waals surface area contributed by atoms with E-state index in [1.807, 2.05) is 18.2 Å². The van der Waals surface area contributed by atoms with Gasteiger partial charge in [0.15, 0.2) is 0 Å². The molecule has 0 saturated carbocycles. The molecule has 10 heteroatoms. The maximum Gasteiger partial charge on any atom is 0.355 e. The van der Waals surface area contributed by atoms with Crippen LogP contribution in [-0.4, -0.2) is 87.3 Å². The number of nitrogens with zero attached hydrogens (tertiary/aromatic N) is 3. The van der Waals surface area contributed by atoms with E-state index in [0.29, 0.717) is 43.0 Å². The number of ether oxygens (including phenoxy) is 3. The van der Waals surface area contributed by atoms with E-state index in [1.54, 1.807) is 46.2 Å². The Morgan fingerprint density at radius 2 is 1.33 bits per heavy atom. The molecule has 0 unspecified atom stereocenters. The molecular formula is C26H27N3O7. The van der Waals surface area contributed by atoms with Crippen molar-refractivity contribution in [3.8, 4) is 0 Å². The fraction of sp³-hybridized carbons (Fsp3) is 0.308. The molecule has 1 fully saturated rings. The van der Waals surface area contributed by atoms with Crippen molar-refractivity contribution < 1.29 is 33.4 Å². The lowest BCUT2D eigenvalue weighted by molar-refractivity contribution is -0.140. The molecule has 0 aliphatic carbocycles. The van der Waals surface area contributed by atoms with Gasteiger partial charge in [-0.2, -0.15) is 0 Å². The smallest absolute Gasteiger partial charge is 0.355 e. The van der Waals surface area contributed by atoms with E-state index < -0.39 is 11.9 Å². The second-order valence-electron chi connectivity index (χ2n) is 8.18. The lowest BCUT2D eigenvalue weighted by Crippen LogP contribution is -2.51. The van der Waals surface area contributed by atoms with Gasteiger partial charge >= 0.3 is 11.9 Å². The van der Waals surface area contributed by atoms with Crippen LogP contribution < -0.4 is 4.90 Å². The summed E-state index contributed by atoms with van der Waals surface area (Å²) in [6, 6.07) is 15.8. The van der Waals surface area contributed by atoms with Crippen molar-refractivity contribution in [3.05, 3.63) is 77.0 Å². The number of carbonyl (C=O) groups is 4. The summed E-state index contributed by atoms with van der Waals surface area (Å²) in [5.41, 5.74) is 1.31. The molecule has 4 rings (SSSR count). The number of methoxy groups -OCH3 is 2. The number of piperazine rings is 1. The highest BCUT2D eigenvalue weighted by atomic mass is 16.5. The summed E-state index contributed by atoms with van der Waals surface area (Å²) >= 11 is 0. The Morgan fingerprint density at radius 1 is 0.750 bits per heavy atom. The van der Waals surface area contributed by atoms with Gasteiger partial charge in [-0.25, -0.2) is 9.59 Å². The zero-order chi connectivity index (χ0) is 25.7. The Hall–Kier alpha value is -4.18. The maximum absolute atomic E-state index is 13.6. The van der Waals surface area contributed by atoms with Crippen LogP contribution in [0.3, 0.4) is 0 Å². The first-order valence-corrected chi connectivity index (χ1v) is 11.4. The minimum atomic E-state index is -0.742. The van der Waals surface area contributed by atoms with E-state index >= 15 is 0 Å². The standard InChI is InChI=1S/C26H27N3O7/c1-34-25(32)20-16-36-17-29(22(20)26(33)35-2)21-11-7-6-10-19(21)24(31)28-14-12-27(13-15-28)23(30)18-8-4-3-5-9-18/h3-11H,12-17H2,1-2H3. The van der Waals surface area contributed by atoms with Crippen LogP contribution in [-0.2, 0) is 23.8 Å². The van der Waals surface area contributed by atoms with Gasteiger partial charge in [-0.3, -0.25) is 9.59 Å². The lowest BCUT2D eigenvalue weighted by atomic mass is 10.1. The van der Waals surface area contributed by atoms with E-state index in [-0.39, 0.29) is 36.4 Å². The summed E-state index contributed by atoms with van der Waals surface area (Å²) in [7, 11) is 2.42. The molecule has 10 nitrogen and oxygen atoms in total. The Balaban J connectivity index is 1.57. The summed E-state index contributed by atoms with van der Waals surface area (Å²) < 4.78 is 15.3. The number of esters is 2. The summed E-state index contributed by atoms with van der Waals surface area (Å²) in [4.78, 5) is 56.2. The molecule has 36 heavy (non-hydrogen) atoms. The molecule has 1 saturated heterocycles. The van der Waals surface area contributed by atoms with E-state index in [1.165, 1.54) is 19.1 Å². The fourth-order valence-electron chi connectivity index (χ4n) is 4.27. The molecule has 0 bridgehead atoms. The Bertz CT molecular complexity index is 1190. The van der Waals surface area contributed by atoms with Crippen molar-refractivity contribution in [2.75, 3.05) is 58.6 Å². The third-order valence-electron chi connectivity index (χ3n) is 6.13. The van der Waals surface area contributed by atoms with Gasteiger partial charge in [-0.15, -0.1) is 0 Å².